The van der Waals surface area contributed by atoms with Crippen LogP contribution in [0, 0.1) is 0 Å². The molecule has 3 heterocycles. The maximum Gasteiger partial charge on any atom is 0.137 e. The highest BCUT2D eigenvalue weighted by Crippen LogP contribution is 2.26. The Labute approximate surface area is 159 Å². The molecule has 0 spiro atoms. The molecule has 0 bridgehead atoms. The highest BCUT2D eigenvalue weighted by atomic mass is 15.1. The van der Waals surface area contributed by atoms with Crippen LogP contribution in [0.3, 0.4) is 0 Å². The Morgan fingerprint density at radius 1 is 0.963 bits per heavy atom. The molecule has 0 aliphatic carbocycles. The van der Waals surface area contributed by atoms with E-state index in [4.69, 9.17) is 10.7 Å². The summed E-state index contributed by atoms with van der Waals surface area (Å²) < 4.78 is 2.11. The molecule has 4 rings (SSSR count). The Bertz CT molecular complexity index is 1020. The minimum atomic E-state index is 0.730. The van der Waals surface area contributed by atoms with Gasteiger partial charge in [-0.3, -0.25) is 9.88 Å². The lowest BCUT2D eigenvalue weighted by Gasteiger charge is -2.21. The van der Waals surface area contributed by atoms with Crippen LogP contribution < -0.4 is 5.73 Å². The summed E-state index contributed by atoms with van der Waals surface area (Å²) in [4.78, 5) is 11.4. The molecule has 0 unspecified atom stereocenters. The van der Waals surface area contributed by atoms with Crippen molar-refractivity contribution in [3.8, 4) is 11.3 Å². The predicted octanol–water partition coefficient (Wildman–Crippen LogP) is 4.00. The second-order valence-corrected chi connectivity index (χ2v) is 6.62. The van der Waals surface area contributed by atoms with Crippen molar-refractivity contribution in [3.63, 3.8) is 0 Å². The number of fused-ring (bicyclic) bond motifs is 1. The number of pyridine rings is 2. The SMILES string of the molecule is CCN(Cc1ccccc1)Cc1c(-c2ccncc2)nc2ccc(N)cn12. The molecule has 3 aromatic heterocycles. The van der Waals surface area contributed by atoms with Crippen molar-refractivity contribution in [1.82, 2.24) is 19.3 Å². The van der Waals surface area contributed by atoms with Gasteiger partial charge in [0.2, 0.25) is 0 Å². The molecule has 4 aromatic rings. The van der Waals surface area contributed by atoms with Crippen molar-refractivity contribution in [2.75, 3.05) is 12.3 Å². The number of rotatable bonds is 6. The molecule has 0 saturated heterocycles. The van der Waals surface area contributed by atoms with Crippen LogP contribution in [0.5, 0.6) is 0 Å². The summed E-state index contributed by atoms with van der Waals surface area (Å²) in [5, 5.41) is 0. The van der Waals surface area contributed by atoms with E-state index in [2.05, 4.69) is 51.5 Å². The first-order valence-electron chi connectivity index (χ1n) is 9.17. The van der Waals surface area contributed by atoms with Gasteiger partial charge in [0, 0.05) is 42.9 Å². The first-order chi connectivity index (χ1) is 13.2. The standard InChI is InChI=1S/C22H23N5/c1-2-26(14-17-6-4-3-5-7-17)16-20-22(18-10-12-24-13-11-18)25-21-9-8-19(23)15-27(20)21/h3-13,15H,2,14,16,23H2,1H3. The zero-order valence-corrected chi connectivity index (χ0v) is 15.4. The van der Waals surface area contributed by atoms with Gasteiger partial charge >= 0.3 is 0 Å². The van der Waals surface area contributed by atoms with Crippen LogP contribution in [-0.2, 0) is 13.1 Å². The van der Waals surface area contributed by atoms with Crippen LogP contribution in [0.1, 0.15) is 18.2 Å². The average molecular weight is 357 g/mol. The fourth-order valence-corrected chi connectivity index (χ4v) is 3.33. The third-order valence-corrected chi connectivity index (χ3v) is 4.76. The maximum atomic E-state index is 6.06. The van der Waals surface area contributed by atoms with Gasteiger partial charge in [0.15, 0.2) is 0 Å². The molecule has 0 amide bonds. The van der Waals surface area contributed by atoms with Crippen LogP contribution in [0.2, 0.25) is 0 Å². The van der Waals surface area contributed by atoms with E-state index in [1.54, 1.807) is 12.4 Å². The number of aromatic nitrogens is 3. The van der Waals surface area contributed by atoms with Gasteiger partial charge in [-0.15, -0.1) is 0 Å². The Morgan fingerprint density at radius 2 is 1.74 bits per heavy atom. The first-order valence-corrected chi connectivity index (χ1v) is 9.17. The zero-order chi connectivity index (χ0) is 18.6. The lowest BCUT2D eigenvalue weighted by molar-refractivity contribution is 0.268. The molecule has 0 atom stereocenters. The largest absolute Gasteiger partial charge is 0.398 e. The topological polar surface area (TPSA) is 59.5 Å². The predicted molar refractivity (Wildman–Crippen MR) is 109 cm³/mol. The van der Waals surface area contributed by atoms with Gasteiger partial charge in [-0.25, -0.2) is 4.98 Å². The third kappa shape index (κ3) is 3.68. The van der Waals surface area contributed by atoms with E-state index in [1.807, 2.05) is 30.5 Å². The smallest absolute Gasteiger partial charge is 0.137 e. The molecule has 5 nitrogen and oxygen atoms in total. The summed E-state index contributed by atoms with van der Waals surface area (Å²) in [7, 11) is 0. The van der Waals surface area contributed by atoms with Crippen LogP contribution in [0.4, 0.5) is 5.69 Å². The summed E-state index contributed by atoms with van der Waals surface area (Å²) in [6.07, 6.45) is 5.57. The van der Waals surface area contributed by atoms with E-state index >= 15 is 0 Å². The van der Waals surface area contributed by atoms with E-state index in [0.29, 0.717) is 0 Å². The van der Waals surface area contributed by atoms with Gasteiger partial charge in [-0.05, 0) is 36.4 Å². The van der Waals surface area contributed by atoms with Crippen molar-refractivity contribution in [2.45, 2.75) is 20.0 Å². The van der Waals surface area contributed by atoms with Gasteiger partial charge in [0.1, 0.15) is 5.65 Å². The van der Waals surface area contributed by atoms with E-state index in [0.717, 1.165) is 47.9 Å². The van der Waals surface area contributed by atoms with E-state index in [1.165, 1.54) is 5.56 Å². The summed E-state index contributed by atoms with van der Waals surface area (Å²) in [5.74, 6) is 0. The Morgan fingerprint density at radius 3 is 2.48 bits per heavy atom. The second kappa shape index (κ2) is 7.60. The maximum absolute atomic E-state index is 6.06. The highest BCUT2D eigenvalue weighted by Gasteiger charge is 2.17. The Balaban J connectivity index is 1.75. The molecule has 136 valence electrons. The summed E-state index contributed by atoms with van der Waals surface area (Å²) in [5.41, 5.74) is 12.2. The molecule has 2 N–H and O–H groups in total. The summed E-state index contributed by atoms with van der Waals surface area (Å²) in [6, 6.07) is 18.4. The number of imidazole rings is 1. The lowest BCUT2D eigenvalue weighted by atomic mass is 10.1. The fraction of sp³-hybridized carbons (Fsp3) is 0.182. The number of nitrogen functional groups attached to an aromatic ring is 1. The van der Waals surface area contributed by atoms with Crippen molar-refractivity contribution in [3.05, 3.63) is 84.4 Å². The van der Waals surface area contributed by atoms with Crippen LogP contribution in [-0.4, -0.2) is 25.8 Å². The molecule has 0 saturated carbocycles. The fourth-order valence-electron chi connectivity index (χ4n) is 3.33. The summed E-state index contributed by atoms with van der Waals surface area (Å²) in [6.45, 7) is 4.81. The lowest BCUT2D eigenvalue weighted by Crippen LogP contribution is -2.23. The zero-order valence-electron chi connectivity index (χ0n) is 15.4. The highest BCUT2D eigenvalue weighted by molar-refractivity contribution is 5.67. The number of nitrogens with zero attached hydrogens (tertiary/aromatic N) is 4. The average Bonchev–Trinajstić information content (AvgIpc) is 3.06. The van der Waals surface area contributed by atoms with Crippen molar-refractivity contribution in [2.24, 2.45) is 0 Å². The number of anilines is 1. The molecule has 0 radical (unpaired) electrons. The normalized spacial score (nSPS) is 11.3. The molecule has 0 aliphatic heterocycles. The minimum Gasteiger partial charge on any atom is -0.398 e. The van der Waals surface area contributed by atoms with E-state index in [9.17, 15) is 0 Å². The van der Waals surface area contributed by atoms with Crippen molar-refractivity contribution < 1.29 is 0 Å². The summed E-state index contributed by atoms with van der Waals surface area (Å²) >= 11 is 0. The second-order valence-electron chi connectivity index (χ2n) is 6.62. The Hall–Kier alpha value is -3.18. The van der Waals surface area contributed by atoms with Gasteiger partial charge in [0.05, 0.1) is 11.4 Å². The molecular formula is C22H23N5. The third-order valence-electron chi connectivity index (χ3n) is 4.76. The van der Waals surface area contributed by atoms with Crippen LogP contribution in [0.15, 0.2) is 73.2 Å². The molecule has 0 aliphatic rings. The van der Waals surface area contributed by atoms with Crippen molar-refractivity contribution in [1.29, 1.82) is 0 Å². The van der Waals surface area contributed by atoms with Crippen molar-refractivity contribution >= 4 is 11.3 Å². The molecular weight excluding hydrogens is 334 g/mol. The van der Waals surface area contributed by atoms with Crippen LogP contribution >= 0.6 is 0 Å². The monoisotopic (exact) mass is 357 g/mol. The van der Waals surface area contributed by atoms with Gasteiger partial charge in [0.25, 0.3) is 0 Å². The number of hydrogen-bond donors (Lipinski definition) is 1. The van der Waals surface area contributed by atoms with Crippen LogP contribution in [0.25, 0.3) is 16.9 Å². The number of benzene rings is 1. The van der Waals surface area contributed by atoms with E-state index < -0.39 is 0 Å². The minimum absolute atomic E-state index is 0.730. The molecule has 5 heteroatoms. The van der Waals surface area contributed by atoms with Gasteiger partial charge in [-0.2, -0.15) is 0 Å². The quantitative estimate of drug-likeness (QED) is 0.567. The Kier molecular flexibility index (Phi) is 4.85. The number of nitrogens with two attached hydrogens (primary N) is 1. The van der Waals surface area contributed by atoms with Gasteiger partial charge < -0.3 is 10.1 Å². The van der Waals surface area contributed by atoms with Gasteiger partial charge in [-0.1, -0.05) is 37.3 Å². The van der Waals surface area contributed by atoms with E-state index in [-0.39, 0.29) is 0 Å². The molecule has 1 aromatic carbocycles. The number of hydrogen-bond acceptors (Lipinski definition) is 4. The molecule has 27 heavy (non-hydrogen) atoms. The first kappa shape index (κ1) is 17.2. The molecule has 0 fully saturated rings.